The van der Waals surface area contributed by atoms with Crippen LogP contribution in [0.4, 0.5) is 0 Å². The molecule has 1 N–H and O–H groups in total. The first-order chi connectivity index (χ1) is 9.66. The van der Waals surface area contributed by atoms with E-state index < -0.39 is 0 Å². The standard InChI is InChI=1S/C17H27NO2/c1-12-8-9-16(19)14(11-12)15-7-4-10-18(15)17(20)13-5-2-3-6-13/h2-3,12-16,19H,4-11H2,1H3/t12-,14-,15+,16+/m1/s1. The Bertz CT molecular complexity index is 384. The average Bonchev–Trinajstić information content (AvgIpc) is 3.11. The zero-order valence-corrected chi connectivity index (χ0v) is 12.5. The van der Waals surface area contributed by atoms with Gasteiger partial charge in [0.1, 0.15) is 0 Å². The lowest BCUT2D eigenvalue weighted by molar-refractivity contribution is -0.138. The number of carbonyl (C=O) groups is 1. The molecule has 1 amide bonds. The van der Waals surface area contributed by atoms with Crippen LogP contribution in [0.1, 0.15) is 51.9 Å². The van der Waals surface area contributed by atoms with E-state index in [1.54, 1.807) is 0 Å². The van der Waals surface area contributed by atoms with Crippen molar-refractivity contribution >= 4 is 5.91 Å². The van der Waals surface area contributed by atoms with Crippen molar-refractivity contribution in [2.45, 2.75) is 64.0 Å². The second-order valence-corrected chi connectivity index (χ2v) is 7.03. The lowest BCUT2D eigenvalue weighted by Crippen LogP contribution is -2.47. The maximum absolute atomic E-state index is 12.7. The van der Waals surface area contributed by atoms with Gasteiger partial charge in [0.05, 0.1) is 6.10 Å². The Balaban J connectivity index is 1.69. The summed E-state index contributed by atoms with van der Waals surface area (Å²) in [6.07, 6.45) is 11.2. The van der Waals surface area contributed by atoms with E-state index in [4.69, 9.17) is 0 Å². The molecule has 20 heavy (non-hydrogen) atoms. The summed E-state index contributed by atoms with van der Waals surface area (Å²) in [6, 6.07) is 0.292. The maximum Gasteiger partial charge on any atom is 0.226 e. The van der Waals surface area contributed by atoms with E-state index in [-0.39, 0.29) is 12.0 Å². The minimum absolute atomic E-state index is 0.175. The first-order valence-corrected chi connectivity index (χ1v) is 8.30. The summed E-state index contributed by atoms with van der Waals surface area (Å²) < 4.78 is 0. The van der Waals surface area contributed by atoms with E-state index >= 15 is 0 Å². The van der Waals surface area contributed by atoms with Gasteiger partial charge in [-0.1, -0.05) is 19.1 Å². The number of hydrogen-bond acceptors (Lipinski definition) is 2. The van der Waals surface area contributed by atoms with E-state index in [1.807, 2.05) is 0 Å². The molecule has 0 radical (unpaired) electrons. The van der Waals surface area contributed by atoms with Gasteiger partial charge >= 0.3 is 0 Å². The van der Waals surface area contributed by atoms with Crippen LogP contribution in [-0.2, 0) is 4.79 Å². The third kappa shape index (κ3) is 2.65. The van der Waals surface area contributed by atoms with Crippen molar-refractivity contribution < 1.29 is 9.90 Å². The lowest BCUT2D eigenvalue weighted by atomic mass is 9.76. The molecule has 2 aliphatic carbocycles. The molecule has 0 bridgehead atoms. The number of nitrogens with zero attached hydrogens (tertiary/aromatic N) is 1. The predicted molar refractivity (Wildman–Crippen MR) is 79.1 cm³/mol. The van der Waals surface area contributed by atoms with Gasteiger partial charge in [0.25, 0.3) is 0 Å². The van der Waals surface area contributed by atoms with E-state index in [0.29, 0.717) is 23.8 Å². The second kappa shape index (κ2) is 5.88. The summed E-state index contributed by atoms with van der Waals surface area (Å²) in [5.41, 5.74) is 0. The molecule has 1 saturated carbocycles. The Hall–Kier alpha value is -0.830. The first kappa shape index (κ1) is 14.1. The minimum Gasteiger partial charge on any atom is -0.393 e. The average molecular weight is 277 g/mol. The van der Waals surface area contributed by atoms with Gasteiger partial charge in [-0.2, -0.15) is 0 Å². The molecule has 112 valence electrons. The van der Waals surface area contributed by atoms with Crippen LogP contribution in [0.2, 0.25) is 0 Å². The van der Waals surface area contributed by atoms with Crippen LogP contribution < -0.4 is 0 Å². The normalized spacial score (nSPS) is 38.6. The minimum atomic E-state index is -0.202. The number of aliphatic hydroxyl groups excluding tert-OH is 1. The van der Waals surface area contributed by atoms with Crippen molar-refractivity contribution in [3.05, 3.63) is 12.2 Å². The van der Waals surface area contributed by atoms with Crippen molar-refractivity contribution in [2.75, 3.05) is 6.54 Å². The highest BCUT2D eigenvalue weighted by atomic mass is 16.3. The van der Waals surface area contributed by atoms with E-state index in [9.17, 15) is 9.90 Å². The smallest absolute Gasteiger partial charge is 0.226 e. The van der Waals surface area contributed by atoms with E-state index in [1.165, 1.54) is 0 Å². The number of amides is 1. The number of aliphatic hydroxyl groups is 1. The highest BCUT2D eigenvalue weighted by Gasteiger charge is 2.41. The molecule has 3 heteroatoms. The maximum atomic E-state index is 12.7. The quantitative estimate of drug-likeness (QED) is 0.788. The Labute approximate surface area is 122 Å². The van der Waals surface area contributed by atoms with Gasteiger partial charge in [0.2, 0.25) is 5.91 Å². The molecule has 0 aromatic carbocycles. The molecular formula is C17H27NO2. The zero-order chi connectivity index (χ0) is 14.1. The fourth-order valence-corrected chi connectivity index (χ4v) is 4.39. The Morgan fingerprint density at radius 1 is 1.20 bits per heavy atom. The Kier molecular flexibility index (Phi) is 4.16. The van der Waals surface area contributed by atoms with Gasteiger partial charge in [0, 0.05) is 24.4 Å². The van der Waals surface area contributed by atoms with Crippen molar-refractivity contribution in [1.29, 1.82) is 0 Å². The summed E-state index contributed by atoms with van der Waals surface area (Å²) in [5.74, 6) is 1.50. The molecule has 3 aliphatic rings. The van der Waals surface area contributed by atoms with E-state index in [2.05, 4.69) is 24.0 Å². The van der Waals surface area contributed by atoms with Gasteiger partial charge in [0.15, 0.2) is 0 Å². The molecule has 1 aliphatic heterocycles. The van der Waals surface area contributed by atoms with Crippen LogP contribution in [0.5, 0.6) is 0 Å². The monoisotopic (exact) mass is 277 g/mol. The zero-order valence-electron chi connectivity index (χ0n) is 12.5. The van der Waals surface area contributed by atoms with E-state index in [0.717, 1.165) is 51.5 Å². The van der Waals surface area contributed by atoms with Crippen LogP contribution >= 0.6 is 0 Å². The molecule has 1 heterocycles. The highest BCUT2D eigenvalue weighted by molar-refractivity contribution is 5.80. The summed E-state index contributed by atoms with van der Waals surface area (Å²) in [4.78, 5) is 14.8. The van der Waals surface area contributed by atoms with Crippen molar-refractivity contribution in [3.8, 4) is 0 Å². The third-order valence-electron chi connectivity index (χ3n) is 5.56. The lowest BCUT2D eigenvalue weighted by Gasteiger charge is -2.40. The molecule has 4 atom stereocenters. The van der Waals surface area contributed by atoms with Crippen molar-refractivity contribution in [2.24, 2.45) is 17.8 Å². The highest BCUT2D eigenvalue weighted by Crippen LogP contribution is 2.38. The van der Waals surface area contributed by atoms with Crippen molar-refractivity contribution in [3.63, 3.8) is 0 Å². The molecule has 1 saturated heterocycles. The largest absolute Gasteiger partial charge is 0.393 e. The van der Waals surface area contributed by atoms with Crippen LogP contribution in [0.15, 0.2) is 12.2 Å². The number of allylic oxidation sites excluding steroid dienone is 2. The molecule has 0 aromatic heterocycles. The Morgan fingerprint density at radius 3 is 2.70 bits per heavy atom. The van der Waals surface area contributed by atoms with Gasteiger partial charge < -0.3 is 10.0 Å². The summed E-state index contributed by atoms with van der Waals surface area (Å²) >= 11 is 0. The van der Waals surface area contributed by atoms with Crippen molar-refractivity contribution in [1.82, 2.24) is 4.90 Å². The molecule has 3 nitrogen and oxygen atoms in total. The fraction of sp³-hybridized carbons (Fsp3) is 0.824. The van der Waals surface area contributed by atoms with Crippen LogP contribution in [0.25, 0.3) is 0 Å². The molecule has 2 fully saturated rings. The Morgan fingerprint density at radius 2 is 1.95 bits per heavy atom. The molecular weight excluding hydrogens is 250 g/mol. The van der Waals surface area contributed by atoms with Gasteiger partial charge in [-0.25, -0.2) is 0 Å². The second-order valence-electron chi connectivity index (χ2n) is 7.03. The molecule has 0 unspecified atom stereocenters. The predicted octanol–water partition coefficient (Wildman–Crippen LogP) is 2.74. The third-order valence-corrected chi connectivity index (χ3v) is 5.56. The van der Waals surface area contributed by atoms with Crippen LogP contribution in [0, 0.1) is 17.8 Å². The van der Waals surface area contributed by atoms with Crippen LogP contribution in [0.3, 0.4) is 0 Å². The van der Waals surface area contributed by atoms with Gasteiger partial charge in [-0.05, 0) is 50.9 Å². The fourth-order valence-electron chi connectivity index (χ4n) is 4.39. The molecule has 0 spiro atoms. The van der Waals surface area contributed by atoms with Gasteiger partial charge in [-0.15, -0.1) is 0 Å². The first-order valence-electron chi connectivity index (χ1n) is 8.30. The summed E-state index contributed by atoms with van der Waals surface area (Å²) in [6.45, 7) is 3.18. The molecule has 3 rings (SSSR count). The number of hydrogen-bond donors (Lipinski definition) is 1. The number of likely N-dealkylation sites (tertiary alicyclic amines) is 1. The topological polar surface area (TPSA) is 40.5 Å². The summed E-state index contributed by atoms with van der Waals surface area (Å²) in [7, 11) is 0. The molecule has 0 aromatic rings. The SMILES string of the molecule is C[C@@H]1CC[C@H](O)[C@@H]([C@@H]2CCCN2C(=O)C2CC=CC2)C1. The van der Waals surface area contributed by atoms with Crippen LogP contribution in [-0.4, -0.2) is 34.6 Å². The summed E-state index contributed by atoms with van der Waals surface area (Å²) in [5, 5.41) is 10.4. The number of carbonyl (C=O) groups excluding carboxylic acids is 1. The number of rotatable bonds is 2. The van der Waals surface area contributed by atoms with Gasteiger partial charge in [-0.3, -0.25) is 4.79 Å².